The molecule has 2 heterocycles. The molecule has 0 radical (unpaired) electrons. The summed E-state index contributed by atoms with van der Waals surface area (Å²) in [6, 6.07) is 0. The van der Waals surface area contributed by atoms with E-state index in [-0.39, 0.29) is 24.0 Å². The summed E-state index contributed by atoms with van der Waals surface area (Å²) in [7, 11) is 0. The van der Waals surface area contributed by atoms with Gasteiger partial charge in [0.2, 0.25) is 5.89 Å². The summed E-state index contributed by atoms with van der Waals surface area (Å²) in [4.78, 5) is 11.3. The predicted octanol–water partition coefficient (Wildman–Crippen LogP) is 2.33. The molecule has 2 rings (SSSR count). The number of aliphatic imine (C=N–C) groups is 1. The number of nitrogens with zero attached hydrogens (tertiary/aromatic N) is 4. The molecule has 0 spiro atoms. The summed E-state index contributed by atoms with van der Waals surface area (Å²) >= 11 is 2.07. The van der Waals surface area contributed by atoms with Crippen molar-refractivity contribution < 1.29 is 4.52 Å². The molecule has 1 aliphatic heterocycles. The van der Waals surface area contributed by atoms with Crippen LogP contribution in [0.15, 0.2) is 9.52 Å². The first-order chi connectivity index (χ1) is 10.2. The normalized spacial score (nSPS) is 19.0. The average molecular weight is 439 g/mol. The summed E-state index contributed by atoms with van der Waals surface area (Å²) in [6.07, 6.45) is 1.90. The van der Waals surface area contributed by atoms with E-state index in [1.54, 1.807) is 0 Å². The van der Waals surface area contributed by atoms with Gasteiger partial charge >= 0.3 is 0 Å². The molecule has 0 amide bonds. The number of aryl methyl sites for hydroxylation is 1. The molecule has 1 unspecified atom stereocenters. The molecule has 22 heavy (non-hydrogen) atoms. The Morgan fingerprint density at radius 3 is 2.95 bits per heavy atom. The van der Waals surface area contributed by atoms with E-state index in [4.69, 9.17) is 9.52 Å². The second kappa shape index (κ2) is 10.3. The minimum Gasteiger partial charge on any atom is -0.357 e. The third-order valence-corrected chi connectivity index (χ3v) is 4.76. The van der Waals surface area contributed by atoms with E-state index in [2.05, 4.69) is 46.0 Å². The topological polar surface area (TPSA) is 66.5 Å². The second-order valence-corrected chi connectivity index (χ2v) is 6.48. The van der Waals surface area contributed by atoms with Crippen LogP contribution in [0.3, 0.4) is 0 Å². The van der Waals surface area contributed by atoms with Crippen molar-refractivity contribution in [2.24, 2.45) is 4.99 Å². The Balaban J connectivity index is 0.00000242. The quantitative estimate of drug-likeness (QED) is 0.432. The second-order valence-electron chi connectivity index (χ2n) is 5.07. The summed E-state index contributed by atoms with van der Waals surface area (Å²) in [5.41, 5.74) is 0. The van der Waals surface area contributed by atoms with Gasteiger partial charge in [0.1, 0.15) is 0 Å². The lowest BCUT2D eigenvalue weighted by Gasteiger charge is -2.34. The first-order valence-electron chi connectivity index (χ1n) is 7.67. The molecular formula is C14H26IN5OS. The first kappa shape index (κ1) is 19.5. The highest BCUT2D eigenvalue weighted by Crippen LogP contribution is 2.21. The minimum atomic E-state index is 0. The number of halogens is 1. The van der Waals surface area contributed by atoms with Crippen LogP contribution in [0.2, 0.25) is 0 Å². The van der Waals surface area contributed by atoms with Crippen molar-refractivity contribution >= 4 is 41.7 Å². The van der Waals surface area contributed by atoms with Crippen LogP contribution in [0.5, 0.6) is 0 Å². The first-order valence-corrected chi connectivity index (χ1v) is 8.71. The number of nitrogens with one attached hydrogen (secondary N) is 1. The van der Waals surface area contributed by atoms with Crippen LogP contribution in [-0.4, -0.2) is 58.2 Å². The molecule has 0 aliphatic carbocycles. The van der Waals surface area contributed by atoms with Crippen LogP contribution in [-0.2, 0) is 6.42 Å². The molecule has 1 fully saturated rings. The maximum absolute atomic E-state index is 5.12. The van der Waals surface area contributed by atoms with Crippen molar-refractivity contribution in [1.29, 1.82) is 0 Å². The number of rotatable bonds is 5. The van der Waals surface area contributed by atoms with E-state index in [1.165, 1.54) is 12.2 Å². The summed E-state index contributed by atoms with van der Waals surface area (Å²) < 4.78 is 5.12. The van der Waals surface area contributed by atoms with Gasteiger partial charge in [0.15, 0.2) is 11.8 Å². The van der Waals surface area contributed by atoms with Crippen molar-refractivity contribution in [3.05, 3.63) is 11.7 Å². The van der Waals surface area contributed by atoms with Gasteiger partial charge in [-0.2, -0.15) is 16.7 Å². The molecule has 0 aromatic carbocycles. The predicted molar refractivity (Wildman–Crippen MR) is 102 cm³/mol. The Morgan fingerprint density at radius 1 is 1.50 bits per heavy atom. The Bertz CT molecular complexity index is 468. The minimum absolute atomic E-state index is 0. The van der Waals surface area contributed by atoms with Crippen molar-refractivity contribution in [3.8, 4) is 0 Å². The van der Waals surface area contributed by atoms with Gasteiger partial charge in [-0.05, 0) is 20.3 Å². The van der Waals surface area contributed by atoms with E-state index in [9.17, 15) is 0 Å². The largest absolute Gasteiger partial charge is 0.357 e. The Labute approximate surface area is 153 Å². The van der Waals surface area contributed by atoms with Crippen LogP contribution in [0, 0.1) is 6.92 Å². The van der Waals surface area contributed by atoms with Crippen LogP contribution in [0.4, 0.5) is 0 Å². The van der Waals surface area contributed by atoms with Gasteiger partial charge in [-0.1, -0.05) is 12.1 Å². The molecular weight excluding hydrogens is 413 g/mol. The van der Waals surface area contributed by atoms with Crippen molar-refractivity contribution in [3.63, 3.8) is 0 Å². The van der Waals surface area contributed by atoms with Gasteiger partial charge in [0, 0.05) is 37.1 Å². The molecule has 8 heteroatoms. The highest BCUT2D eigenvalue weighted by Gasteiger charge is 2.21. The molecule has 1 saturated heterocycles. The van der Waals surface area contributed by atoms with Crippen molar-refractivity contribution in [2.45, 2.75) is 38.9 Å². The number of guanidine groups is 1. The maximum atomic E-state index is 5.12. The molecule has 1 aliphatic rings. The highest BCUT2D eigenvalue weighted by atomic mass is 127. The smallest absolute Gasteiger partial charge is 0.228 e. The van der Waals surface area contributed by atoms with Gasteiger partial charge < -0.3 is 14.7 Å². The number of hydrogen-bond donors (Lipinski definition) is 1. The van der Waals surface area contributed by atoms with E-state index in [1.807, 2.05) is 6.92 Å². The molecule has 1 N–H and O–H groups in total. The van der Waals surface area contributed by atoms with Crippen molar-refractivity contribution in [2.75, 3.05) is 31.9 Å². The fourth-order valence-corrected chi connectivity index (χ4v) is 3.46. The Hall–Kier alpha value is -0.510. The van der Waals surface area contributed by atoms with Crippen LogP contribution in [0.25, 0.3) is 0 Å². The lowest BCUT2D eigenvalue weighted by molar-refractivity contribution is 0.375. The standard InChI is InChI=1S/C14H25N5OS.HI/c1-4-12-10-19(8-9-21-12)14(15-5-2)16-7-6-13-17-11(3)18-20-13;/h12H,4-10H2,1-3H3,(H,15,16);1H. The van der Waals surface area contributed by atoms with E-state index < -0.39 is 0 Å². The molecule has 1 aromatic rings. The lowest BCUT2D eigenvalue weighted by Crippen LogP contribution is -2.48. The third kappa shape index (κ3) is 5.94. The van der Waals surface area contributed by atoms with Gasteiger partial charge in [-0.25, -0.2) is 0 Å². The molecule has 126 valence electrons. The average Bonchev–Trinajstić information content (AvgIpc) is 2.92. The summed E-state index contributed by atoms with van der Waals surface area (Å²) in [5, 5.41) is 7.90. The number of aromatic nitrogens is 2. The zero-order valence-electron chi connectivity index (χ0n) is 13.5. The van der Waals surface area contributed by atoms with Crippen LogP contribution < -0.4 is 5.32 Å². The Kier molecular flexibility index (Phi) is 9.15. The molecule has 1 aromatic heterocycles. The molecule has 0 saturated carbocycles. The van der Waals surface area contributed by atoms with Gasteiger partial charge in [0.25, 0.3) is 0 Å². The monoisotopic (exact) mass is 439 g/mol. The molecule has 1 atom stereocenters. The van der Waals surface area contributed by atoms with Crippen LogP contribution >= 0.6 is 35.7 Å². The number of hydrogen-bond acceptors (Lipinski definition) is 5. The Morgan fingerprint density at radius 2 is 2.32 bits per heavy atom. The molecule has 0 bridgehead atoms. The van der Waals surface area contributed by atoms with Gasteiger partial charge in [-0.15, -0.1) is 24.0 Å². The lowest BCUT2D eigenvalue weighted by atomic mass is 10.3. The zero-order valence-corrected chi connectivity index (χ0v) is 16.7. The SMILES string of the molecule is CCNC(=NCCc1nc(C)no1)N1CCSC(CC)C1.I. The van der Waals surface area contributed by atoms with E-state index >= 15 is 0 Å². The summed E-state index contributed by atoms with van der Waals surface area (Å²) in [6.45, 7) is 9.88. The highest BCUT2D eigenvalue weighted by molar-refractivity contribution is 14.0. The number of thioether (sulfide) groups is 1. The van der Waals surface area contributed by atoms with E-state index in [0.717, 1.165) is 25.6 Å². The van der Waals surface area contributed by atoms with Crippen LogP contribution in [0.1, 0.15) is 32.0 Å². The maximum Gasteiger partial charge on any atom is 0.228 e. The zero-order chi connectivity index (χ0) is 15.1. The summed E-state index contributed by atoms with van der Waals surface area (Å²) in [5.74, 6) is 3.52. The molecule has 6 nitrogen and oxygen atoms in total. The van der Waals surface area contributed by atoms with E-state index in [0.29, 0.717) is 29.9 Å². The van der Waals surface area contributed by atoms with Gasteiger partial charge in [-0.3, -0.25) is 4.99 Å². The van der Waals surface area contributed by atoms with Gasteiger partial charge in [0.05, 0.1) is 6.54 Å². The fraction of sp³-hybridized carbons (Fsp3) is 0.786. The third-order valence-electron chi connectivity index (χ3n) is 3.39. The van der Waals surface area contributed by atoms with Crippen molar-refractivity contribution in [1.82, 2.24) is 20.4 Å². The fourth-order valence-electron chi connectivity index (χ4n) is 2.28.